The standard InChI is InChI=1S/C26H29ClN4O/c27-21-11-6-19(7-12-21)16-25(32)31-26-23(15-8-18-4-2-1-3-5-18)30-24(17-29-26)20-9-13-22(28)14-10-20/h6-7,9-14,17-18H,1-5,8,15-16,28H2,(H,29,31,32). The first kappa shape index (κ1) is 22.3. The SMILES string of the molecule is Nc1ccc(-c2cnc(NC(=O)Cc3ccc(Cl)cc3)c(CCC3CCCCC3)n2)cc1. The molecule has 0 radical (unpaired) electrons. The molecule has 3 N–H and O–H groups in total. The number of amides is 1. The number of nitrogens with zero attached hydrogens (tertiary/aromatic N) is 2. The van der Waals surface area contributed by atoms with Gasteiger partial charge in [-0.2, -0.15) is 0 Å². The zero-order chi connectivity index (χ0) is 22.3. The number of hydrogen-bond donors (Lipinski definition) is 2. The van der Waals surface area contributed by atoms with E-state index in [1.165, 1.54) is 32.1 Å². The first-order valence-electron chi connectivity index (χ1n) is 11.3. The fourth-order valence-electron chi connectivity index (χ4n) is 4.28. The van der Waals surface area contributed by atoms with E-state index in [0.29, 0.717) is 16.5 Å². The van der Waals surface area contributed by atoms with E-state index in [2.05, 4.69) is 10.3 Å². The average molecular weight is 449 g/mol. The highest BCUT2D eigenvalue weighted by molar-refractivity contribution is 6.30. The molecule has 32 heavy (non-hydrogen) atoms. The summed E-state index contributed by atoms with van der Waals surface area (Å²) in [6.45, 7) is 0. The highest BCUT2D eigenvalue weighted by atomic mass is 35.5. The molecule has 0 atom stereocenters. The normalized spacial score (nSPS) is 14.3. The van der Waals surface area contributed by atoms with Crippen LogP contribution in [0.5, 0.6) is 0 Å². The van der Waals surface area contributed by atoms with Gasteiger partial charge in [-0.15, -0.1) is 0 Å². The number of nitrogen functional groups attached to an aromatic ring is 1. The van der Waals surface area contributed by atoms with Crippen LogP contribution in [0.1, 0.15) is 49.8 Å². The van der Waals surface area contributed by atoms with E-state index in [9.17, 15) is 4.79 Å². The molecule has 1 heterocycles. The quantitative estimate of drug-likeness (QED) is 0.429. The van der Waals surface area contributed by atoms with Crippen LogP contribution in [0, 0.1) is 5.92 Å². The van der Waals surface area contributed by atoms with Gasteiger partial charge in [0.2, 0.25) is 5.91 Å². The molecule has 1 aliphatic carbocycles. The van der Waals surface area contributed by atoms with E-state index in [1.807, 2.05) is 36.4 Å². The zero-order valence-electron chi connectivity index (χ0n) is 18.2. The second-order valence-corrected chi connectivity index (χ2v) is 9.00. The molecule has 1 amide bonds. The van der Waals surface area contributed by atoms with Gasteiger partial charge in [0.1, 0.15) is 0 Å². The summed E-state index contributed by atoms with van der Waals surface area (Å²) in [5.41, 5.74) is 10.0. The first-order chi connectivity index (χ1) is 15.6. The van der Waals surface area contributed by atoms with Crippen LogP contribution in [0.15, 0.2) is 54.7 Å². The molecule has 0 unspecified atom stereocenters. The highest BCUT2D eigenvalue weighted by Crippen LogP contribution is 2.29. The molecule has 1 aliphatic rings. The first-order valence-corrected chi connectivity index (χ1v) is 11.7. The second-order valence-electron chi connectivity index (χ2n) is 8.57. The summed E-state index contributed by atoms with van der Waals surface area (Å²) in [6, 6.07) is 14.9. The van der Waals surface area contributed by atoms with E-state index in [4.69, 9.17) is 22.3 Å². The van der Waals surface area contributed by atoms with Crippen molar-refractivity contribution in [2.75, 3.05) is 11.1 Å². The van der Waals surface area contributed by atoms with Gasteiger partial charge in [-0.3, -0.25) is 4.79 Å². The van der Waals surface area contributed by atoms with Crippen molar-refractivity contribution in [1.29, 1.82) is 0 Å². The van der Waals surface area contributed by atoms with Crippen molar-refractivity contribution in [2.24, 2.45) is 5.92 Å². The Labute approximate surface area is 194 Å². The molecule has 1 fully saturated rings. The maximum atomic E-state index is 12.7. The number of nitrogens with one attached hydrogen (secondary N) is 1. The minimum absolute atomic E-state index is 0.110. The van der Waals surface area contributed by atoms with Crippen LogP contribution in [0.25, 0.3) is 11.3 Å². The summed E-state index contributed by atoms with van der Waals surface area (Å²) in [7, 11) is 0. The number of halogens is 1. The smallest absolute Gasteiger partial charge is 0.229 e. The topological polar surface area (TPSA) is 80.9 Å². The third-order valence-electron chi connectivity index (χ3n) is 6.10. The predicted molar refractivity (Wildman–Crippen MR) is 131 cm³/mol. The van der Waals surface area contributed by atoms with E-state index >= 15 is 0 Å². The Hall–Kier alpha value is -2.92. The lowest BCUT2D eigenvalue weighted by Gasteiger charge is -2.21. The van der Waals surface area contributed by atoms with E-state index in [1.54, 1.807) is 18.3 Å². The number of aromatic nitrogens is 2. The van der Waals surface area contributed by atoms with Crippen LogP contribution in [-0.2, 0) is 17.6 Å². The van der Waals surface area contributed by atoms with Crippen molar-refractivity contribution in [2.45, 2.75) is 51.4 Å². The lowest BCUT2D eigenvalue weighted by atomic mass is 9.86. The van der Waals surface area contributed by atoms with Crippen molar-refractivity contribution in [1.82, 2.24) is 9.97 Å². The maximum absolute atomic E-state index is 12.7. The van der Waals surface area contributed by atoms with Gasteiger partial charge in [-0.05, 0) is 48.6 Å². The summed E-state index contributed by atoms with van der Waals surface area (Å²) in [6.07, 6.45) is 10.4. The Morgan fingerprint density at radius 3 is 2.47 bits per heavy atom. The second kappa shape index (κ2) is 10.6. The monoisotopic (exact) mass is 448 g/mol. The third kappa shape index (κ3) is 6.07. The number of carbonyl (C=O) groups excluding carboxylic acids is 1. The van der Waals surface area contributed by atoms with Gasteiger partial charge in [-0.25, -0.2) is 9.97 Å². The lowest BCUT2D eigenvalue weighted by molar-refractivity contribution is -0.115. The molecule has 2 aromatic carbocycles. The van der Waals surface area contributed by atoms with Crippen molar-refractivity contribution in [3.05, 3.63) is 71.0 Å². The molecule has 0 spiro atoms. The Kier molecular flexibility index (Phi) is 7.38. The van der Waals surface area contributed by atoms with Crippen LogP contribution in [-0.4, -0.2) is 15.9 Å². The number of aryl methyl sites for hydroxylation is 1. The molecule has 5 nitrogen and oxygen atoms in total. The number of benzene rings is 2. The van der Waals surface area contributed by atoms with Gasteiger partial charge in [0.15, 0.2) is 5.82 Å². The molecule has 0 bridgehead atoms. The van der Waals surface area contributed by atoms with Gasteiger partial charge in [0.05, 0.1) is 24.0 Å². The molecule has 0 saturated heterocycles. The summed E-state index contributed by atoms with van der Waals surface area (Å²) >= 11 is 5.95. The van der Waals surface area contributed by atoms with Crippen molar-refractivity contribution >= 4 is 29.0 Å². The van der Waals surface area contributed by atoms with Gasteiger partial charge in [0, 0.05) is 16.3 Å². The minimum Gasteiger partial charge on any atom is -0.399 e. The molecule has 6 heteroatoms. The molecule has 166 valence electrons. The Morgan fingerprint density at radius 1 is 1.03 bits per heavy atom. The van der Waals surface area contributed by atoms with Gasteiger partial charge in [0.25, 0.3) is 0 Å². The van der Waals surface area contributed by atoms with E-state index < -0.39 is 0 Å². The average Bonchev–Trinajstić information content (AvgIpc) is 2.81. The van der Waals surface area contributed by atoms with Crippen LogP contribution in [0.4, 0.5) is 11.5 Å². The van der Waals surface area contributed by atoms with E-state index in [-0.39, 0.29) is 12.3 Å². The number of rotatable bonds is 7. The third-order valence-corrected chi connectivity index (χ3v) is 6.35. The summed E-state index contributed by atoms with van der Waals surface area (Å²) < 4.78 is 0. The van der Waals surface area contributed by atoms with Gasteiger partial charge >= 0.3 is 0 Å². The van der Waals surface area contributed by atoms with Crippen molar-refractivity contribution in [3.63, 3.8) is 0 Å². The van der Waals surface area contributed by atoms with Gasteiger partial charge < -0.3 is 11.1 Å². The maximum Gasteiger partial charge on any atom is 0.229 e. The van der Waals surface area contributed by atoms with Crippen LogP contribution in [0.3, 0.4) is 0 Å². The Morgan fingerprint density at radius 2 is 1.75 bits per heavy atom. The molecule has 1 saturated carbocycles. The van der Waals surface area contributed by atoms with Crippen LogP contribution < -0.4 is 11.1 Å². The zero-order valence-corrected chi connectivity index (χ0v) is 18.9. The number of carbonyl (C=O) groups is 1. The number of anilines is 2. The van der Waals surface area contributed by atoms with Crippen molar-refractivity contribution in [3.8, 4) is 11.3 Å². The van der Waals surface area contributed by atoms with Crippen LogP contribution >= 0.6 is 11.6 Å². The highest BCUT2D eigenvalue weighted by Gasteiger charge is 2.17. The molecule has 1 aromatic heterocycles. The van der Waals surface area contributed by atoms with E-state index in [0.717, 1.165) is 41.3 Å². The molecule has 4 rings (SSSR count). The largest absolute Gasteiger partial charge is 0.399 e. The fourth-order valence-corrected chi connectivity index (χ4v) is 4.41. The Bertz CT molecular complexity index is 1040. The number of nitrogens with two attached hydrogens (primary N) is 1. The lowest BCUT2D eigenvalue weighted by Crippen LogP contribution is -2.18. The summed E-state index contributed by atoms with van der Waals surface area (Å²) in [5, 5.41) is 3.64. The predicted octanol–water partition coefficient (Wildman–Crippen LogP) is 6.07. The summed E-state index contributed by atoms with van der Waals surface area (Å²) in [4.78, 5) is 22.2. The van der Waals surface area contributed by atoms with Crippen molar-refractivity contribution < 1.29 is 4.79 Å². The Balaban J connectivity index is 1.52. The minimum atomic E-state index is -0.110. The van der Waals surface area contributed by atoms with Crippen LogP contribution in [0.2, 0.25) is 5.02 Å². The fraction of sp³-hybridized carbons (Fsp3) is 0.346. The van der Waals surface area contributed by atoms with Gasteiger partial charge in [-0.1, -0.05) is 68.0 Å². The number of hydrogen-bond acceptors (Lipinski definition) is 4. The molecular formula is C26H29ClN4O. The molecule has 3 aromatic rings. The molecule has 0 aliphatic heterocycles. The summed E-state index contributed by atoms with van der Waals surface area (Å²) in [5.74, 6) is 1.17. The molecular weight excluding hydrogens is 420 g/mol.